The molecule has 0 aliphatic carbocycles. The van der Waals surface area contributed by atoms with Gasteiger partial charge in [0.1, 0.15) is 17.9 Å². The maximum atomic E-state index is 6.36. The van der Waals surface area contributed by atoms with Gasteiger partial charge in [-0.25, -0.2) is 9.97 Å². The van der Waals surface area contributed by atoms with Crippen LogP contribution in [0.15, 0.2) is 48.8 Å². The monoisotopic (exact) mass is 366 g/mol. The van der Waals surface area contributed by atoms with E-state index in [0.29, 0.717) is 22.9 Å². The van der Waals surface area contributed by atoms with Crippen LogP contribution in [-0.4, -0.2) is 42.3 Å². The number of benzene rings is 2. The number of ether oxygens (including phenoxy) is 1. The number of anilines is 2. The van der Waals surface area contributed by atoms with Gasteiger partial charge in [0.2, 0.25) is 0 Å². The average Bonchev–Trinajstić information content (AvgIpc) is 3.28. The molecule has 5 nitrogen and oxygen atoms in total. The molecule has 2 fully saturated rings. The van der Waals surface area contributed by atoms with E-state index in [-0.39, 0.29) is 0 Å². The molecule has 6 heteroatoms. The van der Waals surface area contributed by atoms with Crippen LogP contribution in [0.2, 0.25) is 5.02 Å². The molecule has 3 heterocycles. The molecule has 5 rings (SSSR count). The van der Waals surface area contributed by atoms with Crippen LogP contribution in [0.3, 0.4) is 0 Å². The third kappa shape index (κ3) is 2.38. The maximum absolute atomic E-state index is 6.36. The van der Waals surface area contributed by atoms with Crippen LogP contribution in [0.1, 0.15) is 6.42 Å². The smallest absolute Gasteiger partial charge is 0.140 e. The van der Waals surface area contributed by atoms with Crippen LogP contribution in [0.4, 0.5) is 11.5 Å². The van der Waals surface area contributed by atoms with E-state index in [1.54, 1.807) is 13.4 Å². The number of aromatic nitrogens is 2. The van der Waals surface area contributed by atoms with Crippen molar-refractivity contribution in [2.24, 2.45) is 0 Å². The molecule has 1 aromatic heterocycles. The molecule has 0 spiro atoms. The molecule has 26 heavy (non-hydrogen) atoms. The van der Waals surface area contributed by atoms with Gasteiger partial charge in [-0.05, 0) is 24.6 Å². The normalized spacial score (nSPS) is 21.6. The zero-order valence-corrected chi connectivity index (χ0v) is 15.2. The highest BCUT2D eigenvalue weighted by molar-refractivity contribution is 6.33. The van der Waals surface area contributed by atoms with Gasteiger partial charge in [-0.15, -0.1) is 0 Å². The number of hydrogen-bond acceptors (Lipinski definition) is 5. The van der Waals surface area contributed by atoms with Crippen molar-refractivity contribution in [3.8, 4) is 5.75 Å². The van der Waals surface area contributed by atoms with Gasteiger partial charge in [-0.1, -0.05) is 29.8 Å². The lowest BCUT2D eigenvalue weighted by molar-refractivity contribution is 0.415. The van der Waals surface area contributed by atoms with Gasteiger partial charge in [-0.3, -0.25) is 0 Å². The summed E-state index contributed by atoms with van der Waals surface area (Å²) in [6.45, 7) is 1.99. The molecule has 2 saturated heterocycles. The SMILES string of the molecule is COc1cc2ncnc(N3C[C@@H]4C[C@H]3CN4c3ccccc3)c2cc1Cl. The summed E-state index contributed by atoms with van der Waals surface area (Å²) in [6, 6.07) is 15.4. The second-order valence-corrected chi connectivity index (χ2v) is 7.29. The summed E-state index contributed by atoms with van der Waals surface area (Å²) in [4.78, 5) is 13.9. The molecule has 2 aliphatic heterocycles. The summed E-state index contributed by atoms with van der Waals surface area (Å²) in [7, 11) is 1.62. The van der Waals surface area contributed by atoms with Gasteiger partial charge < -0.3 is 14.5 Å². The number of piperazine rings is 1. The molecule has 0 amide bonds. The number of halogens is 1. The van der Waals surface area contributed by atoms with E-state index >= 15 is 0 Å². The Labute approximate surface area is 157 Å². The molecule has 0 saturated carbocycles. The number of rotatable bonds is 3. The van der Waals surface area contributed by atoms with E-state index in [0.717, 1.165) is 36.2 Å². The van der Waals surface area contributed by atoms with Crippen LogP contribution < -0.4 is 14.5 Å². The average molecular weight is 367 g/mol. The van der Waals surface area contributed by atoms with Crippen molar-refractivity contribution >= 4 is 34.0 Å². The second kappa shape index (κ2) is 6.02. The Morgan fingerprint density at radius 1 is 1.04 bits per heavy atom. The summed E-state index contributed by atoms with van der Waals surface area (Å²) in [6.07, 6.45) is 2.79. The van der Waals surface area contributed by atoms with Crippen molar-refractivity contribution in [2.75, 3.05) is 30.0 Å². The van der Waals surface area contributed by atoms with E-state index in [1.165, 1.54) is 5.69 Å². The molecule has 2 bridgehead atoms. The van der Waals surface area contributed by atoms with E-state index in [4.69, 9.17) is 16.3 Å². The first-order chi connectivity index (χ1) is 12.7. The summed E-state index contributed by atoms with van der Waals surface area (Å²) in [5.41, 5.74) is 2.17. The topological polar surface area (TPSA) is 41.5 Å². The first-order valence-corrected chi connectivity index (χ1v) is 9.19. The molecule has 0 radical (unpaired) electrons. The highest BCUT2D eigenvalue weighted by atomic mass is 35.5. The molecular weight excluding hydrogens is 348 g/mol. The maximum Gasteiger partial charge on any atom is 0.140 e. The van der Waals surface area contributed by atoms with Crippen molar-refractivity contribution in [3.63, 3.8) is 0 Å². The van der Waals surface area contributed by atoms with Gasteiger partial charge in [0, 0.05) is 36.3 Å². The standard InChI is InChI=1S/C20H19ClN4O/c1-26-19-9-18-16(8-17(19)21)20(23-12-22-18)25-11-14-7-15(25)10-24(14)13-5-3-2-4-6-13/h2-6,8-9,12,14-15H,7,10-11H2,1H3/t14-,15-/m0/s1. The highest BCUT2D eigenvalue weighted by Gasteiger charge is 2.44. The fourth-order valence-electron chi connectivity index (χ4n) is 4.29. The number of nitrogens with zero attached hydrogens (tertiary/aromatic N) is 4. The van der Waals surface area contributed by atoms with Gasteiger partial charge in [0.05, 0.1) is 23.7 Å². The molecule has 2 aromatic carbocycles. The lowest BCUT2D eigenvalue weighted by Crippen LogP contribution is -2.47. The second-order valence-electron chi connectivity index (χ2n) is 6.88. The van der Waals surface area contributed by atoms with Crippen LogP contribution in [0, 0.1) is 0 Å². The van der Waals surface area contributed by atoms with Gasteiger partial charge in [0.25, 0.3) is 0 Å². The van der Waals surface area contributed by atoms with Crippen molar-refractivity contribution in [3.05, 3.63) is 53.8 Å². The third-order valence-electron chi connectivity index (χ3n) is 5.49. The highest BCUT2D eigenvalue weighted by Crippen LogP contribution is 2.40. The summed E-state index contributed by atoms with van der Waals surface area (Å²) in [5, 5.41) is 1.57. The van der Waals surface area contributed by atoms with Gasteiger partial charge >= 0.3 is 0 Å². The number of methoxy groups -OCH3 is 1. The third-order valence-corrected chi connectivity index (χ3v) is 5.78. The first kappa shape index (κ1) is 15.7. The van der Waals surface area contributed by atoms with Gasteiger partial charge in [-0.2, -0.15) is 0 Å². The molecule has 2 aliphatic rings. The molecule has 2 atom stereocenters. The molecule has 0 N–H and O–H groups in total. The fourth-order valence-corrected chi connectivity index (χ4v) is 4.53. The Morgan fingerprint density at radius 2 is 1.81 bits per heavy atom. The van der Waals surface area contributed by atoms with Crippen LogP contribution >= 0.6 is 11.6 Å². The number of hydrogen-bond donors (Lipinski definition) is 0. The summed E-state index contributed by atoms with van der Waals surface area (Å²) in [5.74, 6) is 1.61. The largest absolute Gasteiger partial charge is 0.495 e. The lowest BCUT2D eigenvalue weighted by Gasteiger charge is -2.36. The first-order valence-electron chi connectivity index (χ1n) is 8.81. The number of para-hydroxylation sites is 1. The molecule has 3 aromatic rings. The van der Waals surface area contributed by atoms with Crippen molar-refractivity contribution < 1.29 is 4.74 Å². The van der Waals surface area contributed by atoms with Crippen molar-refractivity contribution in [1.29, 1.82) is 0 Å². The van der Waals surface area contributed by atoms with Gasteiger partial charge in [0.15, 0.2) is 0 Å². The Bertz CT molecular complexity index is 965. The minimum atomic E-state index is 0.458. The minimum absolute atomic E-state index is 0.458. The summed E-state index contributed by atoms with van der Waals surface area (Å²) < 4.78 is 5.32. The van der Waals surface area contributed by atoms with Crippen molar-refractivity contribution in [2.45, 2.75) is 18.5 Å². The molecule has 0 unspecified atom stereocenters. The zero-order chi connectivity index (χ0) is 17.7. The lowest BCUT2D eigenvalue weighted by atomic mass is 10.2. The zero-order valence-electron chi connectivity index (χ0n) is 14.5. The van der Waals surface area contributed by atoms with E-state index in [1.807, 2.05) is 12.1 Å². The van der Waals surface area contributed by atoms with Crippen LogP contribution in [0.25, 0.3) is 10.9 Å². The molecule has 132 valence electrons. The van der Waals surface area contributed by atoms with Crippen molar-refractivity contribution in [1.82, 2.24) is 9.97 Å². The predicted molar refractivity (Wildman–Crippen MR) is 104 cm³/mol. The predicted octanol–water partition coefficient (Wildman–Crippen LogP) is 3.76. The Hall–Kier alpha value is -2.53. The number of fused-ring (bicyclic) bond motifs is 3. The fraction of sp³-hybridized carbons (Fsp3) is 0.300. The Morgan fingerprint density at radius 3 is 2.54 bits per heavy atom. The molecular formula is C20H19ClN4O. The quantitative estimate of drug-likeness (QED) is 0.706. The Kier molecular flexibility index (Phi) is 3.64. The van der Waals surface area contributed by atoms with Crippen LogP contribution in [-0.2, 0) is 0 Å². The van der Waals surface area contributed by atoms with E-state index < -0.39 is 0 Å². The Balaban J connectivity index is 1.48. The van der Waals surface area contributed by atoms with E-state index in [2.05, 4.69) is 50.1 Å². The summed E-state index contributed by atoms with van der Waals surface area (Å²) >= 11 is 6.36. The van der Waals surface area contributed by atoms with E-state index in [9.17, 15) is 0 Å². The minimum Gasteiger partial charge on any atom is -0.495 e. The van der Waals surface area contributed by atoms with Crippen LogP contribution in [0.5, 0.6) is 5.75 Å².